The topological polar surface area (TPSA) is 13.1 Å². The van der Waals surface area contributed by atoms with Crippen molar-refractivity contribution in [2.75, 3.05) is 0 Å². The highest BCUT2D eigenvalue weighted by Crippen LogP contribution is 2.52. The molecular formula is C62H36OS2. The lowest BCUT2D eigenvalue weighted by Crippen LogP contribution is -1.91. The maximum atomic E-state index is 6.57. The summed E-state index contributed by atoms with van der Waals surface area (Å²) in [4.78, 5) is 1.31. The molecule has 302 valence electrons. The van der Waals surface area contributed by atoms with Crippen LogP contribution >= 0.6 is 22.7 Å². The van der Waals surface area contributed by atoms with Gasteiger partial charge in [0.15, 0.2) is 0 Å². The van der Waals surface area contributed by atoms with Gasteiger partial charge in [-0.15, -0.1) is 22.7 Å². The molecule has 0 aliphatic heterocycles. The standard InChI is InChI=1S/C62H36OS2/c1-3-14-37(15-4-1)38-26-28-41(29-27-38)61-58(40-17-5-2-6-18-40)53-35-52-49-24-13-25-50(62(49)65-55(52)36-56(53)64-61)59-46-22-11-9-20-44(46)57(45-21-10-12-23-47(45)59)42-31-33-54-51(34-42)48-32-30-39-16-7-8-19-43(39)60(48)63-54/h1-36H. The van der Waals surface area contributed by atoms with Gasteiger partial charge in [-0.05, 0) is 96.2 Å². The Bertz CT molecular complexity index is 4150. The molecule has 0 amide bonds. The number of hydrogen-bond acceptors (Lipinski definition) is 3. The van der Waals surface area contributed by atoms with Gasteiger partial charge in [0.25, 0.3) is 0 Å². The Labute approximate surface area is 382 Å². The van der Waals surface area contributed by atoms with Gasteiger partial charge < -0.3 is 4.42 Å². The minimum absolute atomic E-state index is 0.909. The van der Waals surface area contributed by atoms with Crippen molar-refractivity contribution in [3.8, 4) is 54.9 Å². The molecule has 0 unspecified atom stereocenters. The monoisotopic (exact) mass is 860 g/mol. The average molecular weight is 861 g/mol. The molecule has 0 saturated carbocycles. The third-order valence-corrected chi connectivity index (χ3v) is 15.9. The second-order valence-corrected chi connectivity index (χ2v) is 19.2. The van der Waals surface area contributed by atoms with Gasteiger partial charge in [-0.1, -0.05) is 188 Å². The number of rotatable bonds is 5. The van der Waals surface area contributed by atoms with Crippen LogP contribution in [0.25, 0.3) is 139 Å². The lowest BCUT2D eigenvalue weighted by Gasteiger charge is -2.18. The first kappa shape index (κ1) is 36.6. The maximum absolute atomic E-state index is 6.57. The molecule has 0 aliphatic rings. The van der Waals surface area contributed by atoms with Crippen LogP contribution in [-0.2, 0) is 0 Å². The van der Waals surface area contributed by atoms with Crippen molar-refractivity contribution < 1.29 is 4.42 Å². The summed E-state index contributed by atoms with van der Waals surface area (Å²) in [5.74, 6) is 0. The normalized spacial score (nSPS) is 12.0. The van der Waals surface area contributed by atoms with E-state index in [9.17, 15) is 0 Å². The van der Waals surface area contributed by atoms with Crippen LogP contribution in [0, 0.1) is 0 Å². The predicted octanol–water partition coefficient (Wildman–Crippen LogP) is 19.0. The highest BCUT2D eigenvalue weighted by Gasteiger charge is 2.23. The molecule has 0 bridgehead atoms. The van der Waals surface area contributed by atoms with E-state index >= 15 is 0 Å². The Balaban J connectivity index is 0.964. The first-order valence-electron chi connectivity index (χ1n) is 22.1. The van der Waals surface area contributed by atoms with E-state index in [-0.39, 0.29) is 0 Å². The highest BCUT2D eigenvalue weighted by atomic mass is 32.1. The molecule has 0 N–H and O–H groups in total. The van der Waals surface area contributed by atoms with Gasteiger partial charge in [-0.25, -0.2) is 0 Å². The summed E-state index contributed by atoms with van der Waals surface area (Å²) in [6, 6.07) is 80.2. The van der Waals surface area contributed by atoms with E-state index in [1.165, 1.54) is 112 Å². The third kappa shape index (κ3) is 5.63. The molecular weight excluding hydrogens is 825 g/mol. The first-order valence-corrected chi connectivity index (χ1v) is 23.8. The first-order chi connectivity index (χ1) is 32.2. The molecule has 11 aromatic carbocycles. The van der Waals surface area contributed by atoms with E-state index in [0.29, 0.717) is 0 Å². The lowest BCUT2D eigenvalue weighted by atomic mass is 9.85. The van der Waals surface area contributed by atoms with Crippen molar-refractivity contribution in [3.63, 3.8) is 0 Å². The van der Waals surface area contributed by atoms with Crippen LogP contribution in [-0.4, -0.2) is 0 Å². The summed E-state index contributed by atoms with van der Waals surface area (Å²) in [5, 5.41) is 13.5. The maximum Gasteiger partial charge on any atom is 0.143 e. The van der Waals surface area contributed by atoms with Crippen LogP contribution in [0.2, 0.25) is 0 Å². The minimum Gasteiger partial charge on any atom is -0.455 e. The average Bonchev–Trinajstić information content (AvgIpc) is 4.06. The number of thiophene rings is 2. The molecule has 14 aromatic rings. The van der Waals surface area contributed by atoms with Crippen molar-refractivity contribution in [1.29, 1.82) is 0 Å². The van der Waals surface area contributed by atoms with E-state index in [0.717, 1.165) is 27.3 Å². The predicted molar refractivity (Wildman–Crippen MR) is 282 cm³/mol. The van der Waals surface area contributed by atoms with Crippen molar-refractivity contribution in [2.45, 2.75) is 0 Å². The molecule has 3 heterocycles. The van der Waals surface area contributed by atoms with Crippen LogP contribution in [0.1, 0.15) is 0 Å². The number of hydrogen-bond donors (Lipinski definition) is 0. The van der Waals surface area contributed by atoms with Gasteiger partial charge in [0.05, 0.1) is 0 Å². The molecule has 3 heteroatoms. The van der Waals surface area contributed by atoms with Gasteiger partial charge in [0, 0.05) is 62.4 Å². The fourth-order valence-corrected chi connectivity index (χ4v) is 13.1. The SMILES string of the molecule is c1ccc(-c2ccc(-c3sc4cc5sc6c(-c7c8ccccc8c(-c8ccc9oc%10c%11ccccc%11ccc%10c9c8)c8ccccc78)cccc6c5cc4c3-c3ccccc3)cc2)cc1. The van der Waals surface area contributed by atoms with Crippen molar-refractivity contribution in [3.05, 3.63) is 218 Å². The smallest absolute Gasteiger partial charge is 0.143 e. The molecule has 3 aromatic heterocycles. The molecule has 0 fully saturated rings. The summed E-state index contributed by atoms with van der Waals surface area (Å²) in [6.07, 6.45) is 0. The number of fused-ring (bicyclic) bond motifs is 11. The van der Waals surface area contributed by atoms with E-state index < -0.39 is 0 Å². The molecule has 0 spiro atoms. The zero-order valence-corrected chi connectivity index (χ0v) is 36.6. The van der Waals surface area contributed by atoms with Crippen molar-refractivity contribution in [1.82, 2.24) is 0 Å². The molecule has 0 saturated heterocycles. The number of benzene rings is 11. The molecule has 0 atom stereocenters. The van der Waals surface area contributed by atoms with Gasteiger partial charge in [-0.3, -0.25) is 0 Å². The second-order valence-electron chi connectivity index (χ2n) is 17.1. The Morgan fingerprint density at radius 2 is 0.877 bits per heavy atom. The van der Waals surface area contributed by atoms with Crippen LogP contribution in [0.5, 0.6) is 0 Å². The van der Waals surface area contributed by atoms with E-state index in [1.807, 2.05) is 22.7 Å². The highest BCUT2D eigenvalue weighted by molar-refractivity contribution is 7.27. The molecule has 0 aliphatic carbocycles. The fraction of sp³-hybridized carbons (Fsp3) is 0. The van der Waals surface area contributed by atoms with Crippen LogP contribution in [0.15, 0.2) is 223 Å². The minimum atomic E-state index is 0.909. The summed E-state index contributed by atoms with van der Waals surface area (Å²) in [7, 11) is 0. The Morgan fingerprint density at radius 3 is 1.62 bits per heavy atom. The summed E-state index contributed by atoms with van der Waals surface area (Å²) in [5.41, 5.74) is 13.1. The molecule has 1 nitrogen and oxygen atoms in total. The Morgan fingerprint density at radius 1 is 0.292 bits per heavy atom. The van der Waals surface area contributed by atoms with E-state index in [1.54, 1.807) is 0 Å². The summed E-state index contributed by atoms with van der Waals surface area (Å²) < 4.78 is 10.5. The van der Waals surface area contributed by atoms with Gasteiger partial charge >= 0.3 is 0 Å². The molecule has 14 rings (SSSR count). The van der Waals surface area contributed by atoms with Crippen molar-refractivity contribution >= 4 is 107 Å². The number of furan rings is 1. The Kier molecular flexibility index (Phi) is 8.09. The van der Waals surface area contributed by atoms with Gasteiger partial charge in [0.2, 0.25) is 0 Å². The van der Waals surface area contributed by atoms with Crippen LogP contribution in [0.4, 0.5) is 0 Å². The zero-order chi connectivity index (χ0) is 42.6. The fourth-order valence-electron chi connectivity index (χ4n) is 10.5. The lowest BCUT2D eigenvalue weighted by molar-refractivity contribution is 0.672. The van der Waals surface area contributed by atoms with Gasteiger partial charge in [0.1, 0.15) is 11.2 Å². The second kappa shape index (κ2) is 14.4. The van der Waals surface area contributed by atoms with Crippen LogP contribution in [0.3, 0.4) is 0 Å². The third-order valence-electron chi connectivity index (χ3n) is 13.5. The summed E-state index contributed by atoms with van der Waals surface area (Å²) in [6.45, 7) is 0. The van der Waals surface area contributed by atoms with Gasteiger partial charge in [-0.2, -0.15) is 0 Å². The van der Waals surface area contributed by atoms with Crippen molar-refractivity contribution in [2.24, 2.45) is 0 Å². The largest absolute Gasteiger partial charge is 0.455 e. The van der Waals surface area contributed by atoms with E-state index in [4.69, 9.17) is 4.42 Å². The quantitative estimate of drug-likeness (QED) is 0.157. The molecule has 0 radical (unpaired) electrons. The van der Waals surface area contributed by atoms with E-state index in [2.05, 4.69) is 218 Å². The molecule has 65 heavy (non-hydrogen) atoms. The zero-order valence-electron chi connectivity index (χ0n) is 35.0. The van der Waals surface area contributed by atoms with Crippen LogP contribution < -0.4 is 0 Å². The Hall–Kier alpha value is -7.82. The summed E-state index contributed by atoms with van der Waals surface area (Å²) >= 11 is 3.83.